The van der Waals surface area contributed by atoms with Gasteiger partial charge in [-0.05, 0) is 36.6 Å². The highest BCUT2D eigenvalue weighted by molar-refractivity contribution is 6.34. The quantitative estimate of drug-likeness (QED) is 0.477. The number of para-hydroxylation sites is 1. The largest absolute Gasteiger partial charge is 0.369 e. The molecule has 0 bridgehead atoms. The fourth-order valence-electron chi connectivity index (χ4n) is 2.97. The van der Waals surface area contributed by atoms with Crippen LogP contribution in [0.1, 0.15) is 18.4 Å². The average molecular weight is 372 g/mol. The highest BCUT2D eigenvalue weighted by Gasteiger charge is 2.19. The minimum absolute atomic E-state index is 0.0151. The highest BCUT2D eigenvalue weighted by atomic mass is 35.5. The number of carbonyl (C=O) groups is 1. The monoisotopic (exact) mass is 371 g/mol. The van der Waals surface area contributed by atoms with Gasteiger partial charge in [0.1, 0.15) is 0 Å². The summed E-state index contributed by atoms with van der Waals surface area (Å²) in [6, 6.07) is 11.5. The average Bonchev–Trinajstić information content (AvgIpc) is 3.14. The molecule has 1 aliphatic heterocycles. The van der Waals surface area contributed by atoms with Crippen LogP contribution < -0.4 is 10.2 Å². The van der Waals surface area contributed by atoms with Gasteiger partial charge in [-0.1, -0.05) is 29.8 Å². The summed E-state index contributed by atoms with van der Waals surface area (Å²) >= 11 is 6.34. The van der Waals surface area contributed by atoms with Crippen molar-refractivity contribution in [3.05, 3.63) is 69.2 Å². The first-order valence-electron chi connectivity index (χ1n) is 8.31. The molecule has 0 spiro atoms. The van der Waals surface area contributed by atoms with Crippen LogP contribution in [0.15, 0.2) is 48.5 Å². The lowest BCUT2D eigenvalue weighted by Gasteiger charge is -2.22. The van der Waals surface area contributed by atoms with Crippen molar-refractivity contribution in [2.45, 2.75) is 12.8 Å². The van der Waals surface area contributed by atoms with Gasteiger partial charge in [-0.3, -0.25) is 14.9 Å². The molecule has 0 aliphatic carbocycles. The lowest BCUT2D eigenvalue weighted by atomic mass is 10.2. The van der Waals surface area contributed by atoms with Gasteiger partial charge in [0.25, 0.3) is 5.69 Å². The molecule has 1 saturated heterocycles. The highest BCUT2D eigenvalue weighted by Crippen LogP contribution is 2.35. The Kier molecular flexibility index (Phi) is 5.53. The Hall–Kier alpha value is -2.86. The molecular formula is C19H18ClN3O3. The maximum Gasteiger partial charge on any atom is 0.270 e. The van der Waals surface area contributed by atoms with Crippen molar-refractivity contribution in [2.75, 3.05) is 23.3 Å². The molecule has 2 aromatic rings. The number of nitro groups is 1. The van der Waals surface area contributed by atoms with Crippen molar-refractivity contribution in [3.63, 3.8) is 0 Å². The van der Waals surface area contributed by atoms with Crippen LogP contribution in [-0.2, 0) is 4.79 Å². The van der Waals surface area contributed by atoms with Crippen molar-refractivity contribution >= 4 is 40.6 Å². The molecule has 7 heteroatoms. The molecule has 6 nitrogen and oxygen atoms in total. The van der Waals surface area contributed by atoms with E-state index in [0.717, 1.165) is 31.6 Å². The van der Waals surface area contributed by atoms with E-state index in [4.69, 9.17) is 11.6 Å². The predicted molar refractivity (Wildman–Crippen MR) is 104 cm³/mol. The summed E-state index contributed by atoms with van der Waals surface area (Å²) in [5.74, 6) is -0.320. The third kappa shape index (κ3) is 4.21. The second-order valence-electron chi connectivity index (χ2n) is 6.00. The molecule has 26 heavy (non-hydrogen) atoms. The molecule has 1 aliphatic rings. The van der Waals surface area contributed by atoms with E-state index in [-0.39, 0.29) is 11.6 Å². The minimum Gasteiger partial charge on any atom is -0.369 e. The summed E-state index contributed by atoms with van der Waals surface area (Å²) in [6.07, 6.45) is 5.10. The topological polar surface area (TPSA) is 75.5 Å². The maximum absolute atomic E-state index is 12.3. The molecule has 0 saturated carbocycles. The number of non-ortho nitro benzene ring substituents is 1. The molecule has 1 heterocycles. The number of rotatable bonds is 5. The van der Waals surface area contributed by atoms with Gasteiger partial charge in [0.2, 0.25) is 5.91 Å². The van der Waals surface area contributed by atoms with Gasteiger partial charge in [0, 0.05) is 31.3 Å². The van der Waals surface area contributed by atoms with Gasteiger partial charge in [-0.2, -0.15) is 0 Å². The van der Waals surface area contributed by atoms with Gasteiger partial charge in [-0.15, -0.1) is 0 Å². The Balaban J connectivity index is 1.75. The number of halogens is 1. The fraction of sp³-hybridized carbons (Fsp3) is 0.211. The number of benzene rings is 2. The molecule has 134 valence electrons. The number of nitro benzene ring substituents is 1. The smallest absolute Gasteiger partial charge is 0.270 e. The van der Waals surface area contributed by atoms with E-state index >= 15 is 0 Å². The zero-order chi connectivity index (χ0) is 18.5. The zero-order valence-corrected chi connectivity index (χ0v) is 14.8. The van der Waals surface area contributed by atoms with Crippen molar-refractivity contribution in [1.82, 2.24) is 0 Å². The van der Waals surface area contributed by atoms with Gasteiger partial charge in [-0.25, -0.2) is 0 Å². The van der Waals surface area contributed by atoms with Gasteiger partial charge in [0.15, 0.2) is 0 Å². The van der Waals surface area contributed by atoms with E-state index in [1.54, 1.807) is 24.3 Å². The first-order valence-corrected chi connectivity index (χ1v) is 8.69. The SMILES string of the molecule is O=C(/C=C/c1cccc([N+](=O)[O-])c1)Nc1cccc(Cl)c1N1CCCC1. The molecule has 0 atom stereocenters. The van der Waals surface area contributed by atoms with Crippen molar-refractivity contribution < 1.29 is 9.72 Å². The number of nitrogens with zero attached hydrogens (tertiary/aromatic N) is 2. The fourth-order valence-corrected chi connectivity index (χ4v) is 3.26. The predicted octanol–water partition coefficient (Wildman–Crippen LogP) is 4.50. The molecule has 0 unspecified atom stereocenters. The van der Waals surface area contributed by atoms with Crippen molar-refractivity contribution in [2.24, 2.45) is 0 Å². The first kappa shape index (κ1) is 17.9. The Morgan fingerprint density at radius 2 is 1.92 bits per heavy atom. The molecule has 2 aromatic carbocycles. The molecule has 1 fully saturated rings. The number of nitrogens with one attached hydrogen (secondary N) is 1. The summed E-state index contributed by atoms with van der Waals surface area (Å²) in [6.45, 7) is 1.83. The third-order valence-electron chi connectivity index (χ3n) is 4.18. The molecule has 0 radical (unpaired) electrons. The van der Waals surface area contributed by atoms with Crippen LogP contribution in [0.2, 0.25) is 5.02 Å². The lowest BCUT2D eigenvalue weighted by molar-refractivity contribution is -0.384. The maximum atomic E-state index is 12.3. The van der Waals surface area contributed by atoms with Gasteiger partial charge in [0.05, 0.1) is 21.3 Å². The second-order valence-corrected chi connectivity index (χ2v) is 6.41. The van der Waals surface area contributed by atoms with Crippen molar-refractivity contribution in [3.8, 4) is 0 Å². The van der Waals surface area contributed by atoms with Crippen LogP contribution in [-0.4, -0.2) is 23.9 Å². The van der Waals surface area contributed by atoms with Crippen LogP contribution in [0, 0.1) is 10.1 Å². The lowest BCUT2D eigenvalue weighted by Crippen LogP contribution is -2.21. The van der Waals surface area contributed by atoms with E-state index in [2.05, 4.69) is 10.2 Å². The molecule has 1 N–H and O–H groups in total. The minimum atomic E-state index is -0.467. The van der Waals surface area contributed by atoms with Gasteiger partial charge < -0.3 is 10.2 Å². The van der Waals surface area contributed by atoms with Crippen molar-refractivity contribution in [1.29, 1.82) is 0 Å². The standard InChI is InChI=1S/C19H18ClN3O3/c20-16-7-4-8-17(19(16)22-11-1-2-12-22)21-18(24)10-9-14-5-3-6-15(13-14)23(25)26/h3-10,13H,1-2,11-12H2,(H,21,24)/b10-9+. The zero-order valence-electron chi connectivity index (χ0n) is 14.0. The summed E-state index contributed by atoms with van der Waals surface area (Å²) in [4.78, 5) is 24.8. The van der Waals surface area contributed by atoms with Crippen LogP contribution in [0.25, 0.3) is 6.08 Å². The third-order valence-corrected chi connectivity index (χ3v) is 4.48. The van der Waals surface area contributed by atoms with Crippen LogP contribution >= 0.6 is 11.6 Å². The first-order chi connectivity index (χ1) is 12.5. The van der Waals surface area contributed by atoms with Crippen LogP contribution in [0.3, 0.4) is 0 Å². The number of anilines is 2. The Bertz CT molecular complexity index is 861. The normalized spacial score (nSPS) is 14.0. The van der Waals surface area contributed by atoms with E-state index in [0.29, 0.717) is 16.3 Å². The number of hydrogen-bond donors (Lipinski definition) is 1. The molecule has 1 amide bonds. The van der Waals surface area contributed by atoms with E-state index < -0.39 is 4.92 Å². The molecule has 3 rings (SSSR count). The second kappa shape index (κ2) is 8.01. The summed E-state index contributed by atoms with van der Waals surface area (Å²) in [5.41, 5.74) is 2.07. The number of carbonyl (C=O) groups excluding carboxylic acids is 1. The van der Waals surface area contributed by atoms with Crippen LogP contribution in [0.5, 0.6) is 0 Å². The van der Waals surface area contributed by atoms with E-state index in [1.807, 2.05) is 12.1 Å². The summed E-state index contributed by atoms with van der Waals surface area (Å²) in [5, 5.41) is 14.3. The van der Waals surface area contributed by atoms with E-state index in [9.17, 15) is 14.9 Å². The van der Waals surface area contributed by atoms with E-state index in [1.165, 1.54) is 18.2 Å². The number of amides is 1. The Morgan fingerprint density at radius 3 is 2.65 bits per heavy atom. The molecular weight excluding hydrogens is 354 g/mol. The summed E-state index contributed by atoms with van der Waals surface area (Å²) < 4.78 is 0. The van der Waals surface area contributed by atoms with Crippen LogP contribution in [0.4, 0.5) is 17.1 Å². The Morgan fingerprint density at radius 1 is 1.19 bits per heavy atom. The Labute approximate surface area is 156 Å². The molecule has 0 aromatic heterocycles. The summed E-state index contributed by atoms with van der Waals surface area (Å²) in [7, 11) is 0. The number of hydrogen-bond acceptors (Lipinski definition) is 4. The van der Waals surface area contributed by atoms with Gasteiger partial charge >= 0.3 is 0 Å².